The Kier molecular flexibility index (Phi) is 5.74. The van der Waals surface area contributed by atoms with Crippen LogP contribution in [0.2, 0.25) is 10.0 Å². The first-order valence-electron chi connectivity index (χ1n) is 7.90. The van der Waals surface area contributed by atoms with Gasteiger partial charge in [0, 0.05) is 22.6 Å². The molecule has 0 aromatic heterocycles. The van der Waals surface area contributed by atoms with Gasteiger partial charge in [-0.1, -0.05) is 47.5 Å². The van der Waals surface area contributed by atoms with Gasteiger partial charge in [0.1, 0.15) is 6.04 Å². The maximum absolute atomic E-state index is 12.3. The molecule has 1 aliphatic heterocycles. The van der Waals surface area contributed by atoms with Gasteiger partial charge in [-0.15, -0.1) is 0 Å². The number of halogens is 2. The molecule has 3 N–H and O–H groups in total. The smallest absolute Gasteiger partial charge is 0.238 e. The highest BCUT2D eigenvalue weighted by molar-refractivity contribution is 6.30. The van der Waals surface area contributed by atoms with E-state index in [9.17, 15) is 4.79 Å². The van der Waals surface area contributed by atoms with Crippen molar-refractivity contribution in [3.8, 4) is 0 Å². The first kappa shape index (κ1) is 17.2. The molecule has 0 spiro atoms. The molecule has 1 amide bonds. The molecule has 1 heterocycles. The van der Waals surface area contributed by atoms with Crippen LogP contribution >= 0.6 is 23.2 Å². The van der Waals surface area contributed by atoms with Gasteiger partial charge in [0.15, 0.2) is 0 Å². The Labute approximate surface area is 151 Å². The standard InChI is InChI=1S/C18H19Cl2N3O/c19-14-6-4-12(5-7-14)8-9-21-18(24)17-11-16(22-23-17)13-2-1-3-15(20)10-13/h1-7,10,16-17,22-23H,8-9,11H2,(H,21,24). The summed E-state index contributed by atoms with van der Waals surface area (Å²) in [6.07, 6.45) is 1.47. The SMILES string of the molecule is O=C(NCCc1ccc(Cl)cc1)C1CC(c2cccc(Cl)c2)NN1. The summed E-state index contributed by atoms with van der Waals surface area (Å²) in [6.45, 7) is 0.598. The molecule has 6 heteroatoms. The lowest BCUT2D eigenvalue weighted by Gasteiger charge is -2.11. The number of hydrogen-bond donors (Lipinski definition) is 3. The predicted octanol–water partition coefficient (Wildman–Crippen LogP) is 3.26. The Morgan fingerprint density at radius 3 is 2.62 bits per heavy atom. The summed E-state index contributed by atoms with van der Waals surface area (Å²) in [6, 6.07) is 15.2. The van der Waals surface area contributed by atoms with Gasteiger partial charge in [-0.25, -0.2) is 10.9 Å². The van der Waals surface area contributed by atoms with Crippen LogP contribution in [0.5, 0.6) is 0 Å². The Balaban J connectivity index is 1.47. The van der Waals surface area contributed by atoms with Crippen LogP contribution in [0.4, 0.5) is 0 Å². The topological polar surface area (TPSA) is 53.2 Å². The Bertz CT molecular complexity index is 706. The number of carbonyl (C=O) groups excluding carboxylic acids is 1. The third-order valence-corrected chi connectivity index (χ3v) is 4.58. The highest BCUT2D eigenvalue weighted by Crippen LogP contribution is 2.24. The lowest BCUT2D eigenvalue weighted by Crippen LogP contribution is -2.43. The fourth-order valence-electron chi connectivity index (χ4n) is 2.77. The number of benzene rings is 2. The maximum Gasteiger partial charge on any atom is 0.238 e. The summed E-state index contributed by atoms with van der Waals surface area (Å²) in [7, 11) is 0. The fourth-order valence-corrected chi connectivity index (χ4v) is 3.10. The van der Waals surface area contributed by atoms with Gasteiger partial charge in [-0.2, -0.15) is 0 Å². The molecule has 2 atom stereocenters. The van der Waals surface area contributed by atoms with E-state index in [-0.39, 0.29) is 18.0 Å². The van der Waals surface area contributed by atoms with Crippen molar-refractivity contribution in [3.63, 3.8) is 0 Å². The van der Waals surface area contributed by atoms with Crippen molar-refractivity contribution >= 4 is 29.1 Å². The van der Waals surface area contributed by atoms with Crippen LogP contribution in [0.25, 0.3) is 0 Å². The molecule has 3 rings (SSSR count). The lowest BCUT2D eigenvalue weighted by atomic mass is 10.0. The quantitative estimate of drug-likeness (QED) is 0.764. The number of hydrogen-bond acceptors (Lipinski definition) is 3. The molecule has 0 saturated carbocycles. The van der Waals surface area contributed by atoms with Crippen LogP contribution in [0.3, 0.4) is 0 Å². The van der Waals surface area contributed by atoms with Crippen LogP contribution in [0, 0.1) is 0 Å². The zero-order valence-electron chi connectivity index (χ0n) is 13.1. The van der Waals surface area contributed by atoms with E-state index in [0.717, 1.165) is 22.6 Å². The van der Waals surface area contributed by atoms with Gasteiger partial charge < -0.3 is 5.32 Å². The second-order valence-corrected chi connectivity index (χ2v) is 6.72. The van der Waals surface area contributed by atoms with Gasteiger partial charge in [0.05, 0.1) is 0 Å². The summed E-state index contributed by atoms with van der Waals surface area (Å²) in [5.41, 5.74) is 8.44. The van der Waals surface area contributed by atoms with E-state index in [2.05, 4.69) is 16.2 Å². The van der Waals surface area contributed by atoms with Crippen LogP contribution in [0.1, 0.15) is 23.6 Å². The molecule has 2 unspecified atom stereocenters. The minimum atomic E-state index is -0.251. The highest BCUT2D eigenvalue weighted by Gasteiger charge is 2.29. The number of amides is 1. The number of hydrazine groups is 1. The molecule has 0 bridgehead atoms. The number of nitrogens with one attached hydrogen (secondary N) is 3. The van der Waals surface area contributed by atoms with Crippen molar-refractivity contribution in [2.75, 3.05) is 6.54 Å². The summed E-state index contributed by atoms with van der Waals surface area (Å²) in [5, 5.41) is 4.39. The highest BCUT2D eigenvalue weighted by atomic mass is 35.5. The van der Waals surface area contributed by atoms with Crippen LogP contribution < -0.4 is 16.2 Å². The average Bonchev–Trinajstić information content (AvgIpc) is 3.07. The van der Waals surface area contributed by atoms with Crippen molar-refractivity contribution in [3.05, 3.63) is 69.7 Å². The number of carbonyl (C=O) groups is 1. The van der Waals surface area contributed by atoms with Gasteiger partial charge in [0.25, 0.3) is 0 Å². The molecular weight excluding hydrogens is 345 g/mol. The van der Waals surface area contributed by atoms with E-state index in [1.54, 1.807) is 0 Å². The first-order chi connectivity index (χ1) is 11.6. The van der Waals surface area contributed by atoms with Crippen LogP contribution in [-0.4, -0.2) is 18.5 Å². The van der Waals surface area contributed by atoms with Crippen LogP contribution in [-0.2, 0) is 11.2 Å². The molecule has 1 aliphatic rings. The van der Waals surface area contributed by atoms with Gasteiger partial charge in [-0.3, -0.25) is 4.79 Å². The molecular formula is C18H19Cl2N3O. The molecule has 1 saturated heterocycles. The fraction of sp³-hybridized carbons (Fsp3) is 0.278. The predicted molar refractivity (Wildman–Crippen MR) is 97.0 cm³/mol. The van der Waals surface area contributed by atoms with Crippen molar-refractivity contribution in [1.82, 2.24) is 16.2 Å². The van der Waals surface area contributed by atoms with E-state index >= 15 is 0 Å². The van der Waals surface area contributed by atoms with E-state index < -0.39 is 0 Å². The molecule has 0 radical (unpaired) electrons. The van der Waals surface area contributed by atoms with E-state index in [4.69, 9.17) is 23.2 Å². The summed E-state index contributed by atoms with van der Waals surface area (Å²) in [4.78, 5) is 12.3. The molecule has 24 heavy (non-hydrogen) atoms. The molecule has 0 aliphatic carbocycles. The normalized spacial score (nSPS) is 20.1. The molecule has 4 nitrogen and oxygen atoms in total. The number of rotatable bonds is 5. The zero-order valence-corrected chi connectivity index (χ0v) is 14.6. The third kappa shape index (κ3) is 4.48. The summed E-state index contributed by atoms with van der Waals surface area (Å²) in [5.74, 6) is 0.000918. The Hall–Kier alpha value is -1.59. The van der Waals surface area contributed by atoms with Crippen molar-refractivity contribution in [2.45, 2.75) is 24.9 Å². The van der Waals surface area contributed by atoms with Crippen LogP contribution in [0.15, 0.2) is 48.5 Å². The molecule has 1 fully saturated rings. The van der Waals surface area contributed by atoms with E-state index in [1.807, 2.05) is 48.5 Å². The second-order valence-electron chi connectivity index (χ2n) is 5.85. The minimum Gasteiger partial charge on any atom is -0.354 e. The minimum absolute atomic E-state index is 0.000918. The van der Waals surface area contributed by atoms with Gasteiger partial charge in [-0.05, 0) is 48.2 Å². The van der Waals surface area contributed by atoms with Crippen molar-refractivity contribution in [2.24, 2.45) is 0 Å². The summed E-state index contributed by atoms with van der Waals surface area (Å²) >= 11 is 11.9. The average molecular weight is 364 g/mol. The molecule has 2 aromatic rings. The lowest BCUT2D eigenvalue weighted by molar-refractivity contribution is -0.122. The zero-order chi connectivity index (χ0) is 16.9. The Morgan fingerprint density at radius 1 is 1.08 bits per heavy atom. The second kappa shape index (κ2) is 7.99. The van der Waals surface area contributed by atoms with Gasteiger partial charge in [0.2, 0.25) is 5.91 Å². The van der Waals surface area contributed by atoms with Crippen molar-refractivity contribution in [1.29, 1.82) is 0 Å². The molecule has 2 aromatic carbocycles. The van der Waals surface area contributed by atoms with E-state index in [0.29, 0.717) is 18.0 Å². The summed E-state index contributed by atoms with van der Waals surface area (Å²) < 4.78 is 0. The largest absolute Gasteiger partial charge is 0.354 e. The first-order valence-corrected chi connectivity index (χ1v) is 8.66. The Morgan fingerprint density at radius 2 is 1.88 bits per heavy atom. The van der Waals surface area contributed by atoms with E-state index in [1.165, 1.54) is 0 Å². The van der Waals surface area contributed by atoms with Gasteiger partial charge >= 0.3 is 0 Å². The third-order valence-electron chi connectivity index (χ3n) is 4.10. The monoisotopic (exact) mass is 363 g/mol. The van der Waals surface area contributed by atoms with Crippen molar-refractivity contribution < 1.29 is 4.79 Å². The maximum atomic E-state index is 12.3. The molecule has 126 valence electrons.